The molecule has 0 aliphatic carbocycles. The first-order valence-electron chi connectivity index (χ1n) is 6.85. The molecule has 0 aliphatic rings. The molecule has 3 nitrogen and oxygen atoms in total. The van der Waals surface area contributed by atoms with Gasteiger partial charge in [0.05, 0.1) is 10.2 Å². The maximum atomic E-state index is 12.4. The molecule has 3 aromatic rings. The Morgan fingerprint density at radius 3 is 2.62 bits per heavy atom. The van der Waals surface area contributed by atoms with E-state index in [2.05, 4.69) is 0 Å². The van der Waals surface area contributed by atoms with Gasteiger partial charge >= 0.3 is 4.87 Å². The van der Waals surface area contributed by atoms with Crippen LogP contribution in [0.25, 0.3) is 10.2 Å². The monoisotopic (exact) mass is 297 g/mol. The Morgan fingerprint density at radius 1 is 1.10 bits per heavy atom. The number of carbonyl (C=O) groups is 1. The summed E-state index contributed by atoms with van der Waals surface area (Å²) in [5.74, 6) is -0.138. The van der Waals surface area contributed by atoms with Crippen molar-refractivity contribution in [1.29, 1.82) is 0 Å². The van der Waals surface area contributed by atoms with Crippen molar-refractivity contribution in [3.05, 3.63) is 69.3 Å². The van der Waals surface area contributed by atoms with Gasteiger partial charge in [0.15, 0.2) is 0 Å². The fourth-order valence-electron chi connectivity index (χ4n) is 2.45. The molecule has 1 heterocycles. The summed E-state index contributed by atoms with van der Waals surface area (Å²) in [4.78, 5) is 24.2. The van der Waals surface area contributed by atoms with E-state index in [1.54, 1.807) is 0 Å². The highest BCUT2D eigenvalue weighted by Crippen LogP contribution is 2.17. The van der Waals surface area contributed by atoms with Gasteiger partial charge in [0, 0.05) is 6.42 Å². The summed E-state index contributed by atoms with van der Waals surface area (Å²) < 4.78 is 2.16. The highest BCUT2D eigenvalue weighted by molar-refractivity contribution is 7.16. The number of carbonyl (C=O) groups excluding carboxylic acids is 1. The third-order valence-corrected chi connectivity index (χ3v) is 4.53. The second-order valence-corrected chi connectivity index (χ2v) is 5.98. The Morgan fingerprint density at radius 2 is 1.81 bits per heavy atom. The minimum atomic E-state index is -0.203. The van der Waals surface area contributed by atoms with Gasteiger partial charge in [-0.15, -0.1) is 0 Å². The van der Waals surface area contributed by atoms with Crippen LogP contribution in [0.15, 0.2) is 53.3 Å². The average Bonchev–Trinajstić information content (AvgIpc) is 2.82. The summed E-state index contributed by atoms with van der Waals surface area (Å²) in [7, 11) is 0. The van der Waals surface area contributed by atoms with Crippen molar-refractivity contribution in [1.82, 2.24) is 4.57 Å². The van der Waals surface area contributed by atoms with Crippen LogP contribution in [0, 0.1) is 6.92 Å². The molecule has 0 saturated carbocycles. The summed E-state index contributed by atoms with van der Waals surface area (Å²) in [6, 6.07) is 15.4. The number of benzene rings is 2. The predicted molar refractivity (Wildman–Crippen MR) is 86.2 cm³/mol. The van der Waals surface area contributed by atoms with Crippen molar-refractivity contribution in [2.75, 3.05) is 0 Å². The topological polar surface area (TPSA) is 39.1 Å². The molecule has 0 N–H and O–H groups in total. The highest BCUT2D eigenvalue weighted by Gasteiger charge is 2.14. The first-order chi connectivity index (χ1) is 10.2. The van der Waals surface area contributed by atoms with E-state index in [0.717, 1.165) is 21.6 Å². The largest absolute Gasteiger partial charge is 0.314 e. The molecule has 0 atom stereocenters. The first kappa shape index (κ1) is 13.8. The SMILES string of the molecule is Cc1ccccc1CCC(=O)n1c(=O)sc2ccccc21. The van der Waals surface area contributed by atoms with E-state index in [-0.39, 0.29) is 10.8 Å². The van der Waals surface area contributed by atoms with Crippen LogP contribution >= 0.6 is 11.3 Å². The number of hydrogen-bond donors (Lipinski definition) is 0. The normalized spacial score (nSPS) is 10.9. The molecule has 4 heteroatoms. The fraction of sp³-hybridized carbons (Fsp3) is 0.176. The van der Waals surface area contributed by atoms with E-state index in [1.165, 1.54) is 10.1 Å². The van der Waals surface area contributed by atoms with Gasteiger partial charge in [-0.25, -0.2) is 4.57 Å². The van der Waals surface area contributed by atoms with Crippen molar-refractivity contribution in [2.24, 2.45) is 0 Å². The van der Waals surface area contributed by atoms with Crippen LogP contribution in [0.4, 0.5) is 0 Å². The lowest BCUT2D eigenvalue weighted by Crippen LogP contribution is -2.21. The minimum Gasteiger partial charge on any atom is -0.274 e. The number of fused-ring (bicyclic) bond motifs is 1. The van der Waals surface area contributed by atoms with Gasteiger partial charge < -0.3 is 0 Å². The molecule has 0 amide bonds. The number of hydrogen-bond acceptors (Lipinski definition) is 3. The zero-order valence-corrected chi connectivity index (χ0v) is 12.5. The number of nitrogens with zero attached hydrogens (tertiary/aromatic N) is 1. The van der Waals surface area contributed by atoms with E-state index in [9.17, 15) is 9.59 Å². The summed E-state index contributed by atoms with van der Waals surface area (Å²) in [6.07, 6.45) is 0.994. The molecule has 0 saturated heterocycles. The van der Waals surface area contributed by atoms with E-state index < -0.39 is 0 Å². The summed E-state index contributed by atoms with van der Waals surface area (Å²) in [6.45, 7) is 2.03. The number of thiazole rings is 1. The maximum absolute atomic E-state index is 12.4. The quantitative estimate of drug-likeness (QED) is 0.740. The van der Waals surface area contributed by atoms with Gasteiger partial charge in [-0.3, -0.25) is 9.59 Å². The predicted octanol–water partition coefficient (Wildman–Crippen LogP) is 3.64. The van der Waals surface area contributed by atoms with Gasteiger partial charge in [-0.1, -0.05) is 47.7 Å². The van der Waals surface area contributed by atoms with Gasteiger partial charge in [0.2, 0.25) is 5.91 Å². The van der Waals surface area contributed by atoms with Crippen LogP contribution in [-0.4, -0.2) is 10.5 Å². The highest BCUT2D eigenvalue weighted by atomic mass is 32.1. The zero-order chi connectivity index (χ0) is 14.8. The summed E-state index contributed by atoms with van der Waals surface area (Å²) in [5.41, 5.74) is 3.04. The molecule has 1 aromatic heterocycles. The molecular weight excluding hydrogens is 282 g/mol. The summed E-state index contributed by atoms with van der Waals surface area (Å²) in [5, 5.41) is 0. The number of rotatable bonds is 3. The molecule has 106 valence electrons. The molecule has 21 heavy (non-hydrogen) atoms. The van der Waals surface area contributed by atoms with Gasteiger partial charge in [-0.05, 0) is 36.6 Å². The molecule has 0 aliphatic heterocycles. The van der Waals surface area contributed by atoms with Crippen molar-refractivity contribution >= 4 is 27.5 Å². The second kappa shape index (κ2) is 5.66. The van der Waals surface area contributed by atoms with Gasteiger partial charge in [-0.2, -0.15) is 0 Å². The van der Waals surface area contributed by atoms with Gasteiger partial charge in [0.1, 0.15) is 0 Å². The Hall–Kier alpha value is -2.20. The molecule has 3 rings (SSSR count). The van der Waals surface area contributed by atoms with Crippen LogP contribution in [0.2, 0.25) is 0 Å². The van der Waals surface area contributed by atoms with Crippen molar-refractivity contribution < 1.29 is 4.79 Å². The van der Waals surface area contributed by atoms with Crippen molar-refractivity contribution in [2.45, 2.75) is 19.8 Å². The van der Waals surface area contributed by atoms with Crippen LogP contribution in [0.5, 0.6) is 0 Å². The lowest BCUT2D eigenvalue weighted by atomic mass is 10.0. The second-order valence-electron chi connectivity index (χ2n) is 4.99. The van der Waals surface area contributed by atoms with E-state index in [4.69, 9.17) is 0 Å². The number of para-hydroxylation sites is 1. The fourth-order valence-corrected chi connectivity index (χ4v) is 3.34. The lowest BCUT2D eigenvalue weighted by molar-refractivity contribution is 0.0906. The van der Waals surface area contributed by atoms with E-state index >= 15 is 0 Å². The Bertz CT molecular complexity index is 860. The van der Waals surface area contributed by atoms with Crippen LogP contribution in [0.1, 0.15) is 22.3 Å². The van der Waals surface area contributed by atoms with Gasteiger partial charge in [0.25, 0.3) is 0 Å². The molecule has 2 aromatic carbocycles. The molecule has 0 radical (unpaired) electrons. The maximum Gasteiger partial charge on any atom is 0.314 e. The van der Waals surface area contributed by atoms with Crippen LogP contribution < -0.4 is 4.87 Å². The number of aromatic nitrogens is 1. The molecule has 0 bridgehead atoms. The molecule has 0 unspecified atom stereocenters. The average molecular weight is 297 g/mol. The third kappa shape index (κ3) is 2.67. The number of aryl methyl sites for hydroxylation is 2. The third-order valence-electron chi connectivity index (χ3n) is 3.60. The van der Waals surface area contributed by atoms with Crippen LogP contribution in [-0.2, 0) is 6.42 Å². The summed E-state index contributed by atoms with van der Waals surface area (Å²) >= 11 is 1.12. The molecular formula is C17H15NO2S. The smallest absolute Gasteiger partial charge is 0.274 e. The van der Waals surface area contributed by atoms with Crippen LogP contribution in [0.3, 0.4) is 0 Å². The van der Waals surface area contributed by atoms with Crippen molar-refractivity contribution in [3.8, 4) is 0 Å². The van der Waals surface area contributed by atoms with Crippen molar-refractivity contribution in [3.63, 3.8) is 0 Å². The van der Waals surface area contributed by atoms with E-state index in [0.29, 0.717) is 18.4 Å². The Balaban J connectivity index is 1.87. The van der Waals surface area contributed by atoms with E-state index in [1.807, 2.05) is 55.5 Å². The molecule has 0 fully saturated rings. The molecule has 0 spiro atoms. The zero-order valence-electron chi connectivity index (χ0n) is 11.7. The Kier molecular flexibility index (Phi) is 3.71. The lowest BCUT2D eigenvalue weighted by Gasteiger charge is -2.05. The Labute approximate surface area is 126 Å². The first-order valence-corrected chi connectivity index (χ1v) is 7.67. The minimum absolute atomic E-state index is 0.138. The standard InChI is InChI=1S/C17H15NO2S/c1-12-6-2-3-7-13(12)10-11-16(19)18-14-8-4-5-9-15(14)21-17(18)20/h2-9H,10-11H2,1H3.